The Hall–Kier alpha value is -3.11. The maximum atomic E-state index is 14.6. The van der Waals surface area contributed by atoms with Crippen LogP contribution in [0.3, 0.4) is 0 Å². The lowest BCUT2D eigenvalue weighted by Crippen LogP contribution is -2.10. The molecule has 180 valence electrons. The van der Waals surface area contributed by atoms with Crippen LogP contribution in [0.4, 0.5) is 4.39 Å². The van der Waals surface area contributed by atoms with Crippen molar-refractivity contribution in [1.29, 1.82) is 0 Å². The first kappa shape index (κ1) is 24.0. The van der Waals surface area contributed by atoms with Crippen LogP contribution in [-0.4, -0.2) is 36.5 Å². The number of aryl methyl sites for hydroxylation is 1. The molecule has 0 bridgehead atoms. The van der Waals surface area contributed by atoms with E-state index in [0.717, 1.165) is 11.1 Å². The van der Waals surface area contributed by atoms with Gasteiger partial charge in [-0.25, -0.2) is 9.37 Å². The number of halogens is 1. The predicted molar refractivity (Wildman–Crippen MR) is 134 cm³/mol. The van der Waals surface area contributed by atoms with Crippen LogP contribution in [0.25, 0.3) is 34.0 Å². The average molecular weight is 485 g/mol. The summed E-state index contributed by atoms with van der Waals surface area (Å²) in [6, 6.07) is 13.6. The molecule has 0 amide bonds. The van der Waals surface area contributed by atoms with E-state index in [-0.39, 0.29) is 12.5 Å². The lowest BCUT2D eigenvalue weighted by molar-refractivity contribution is 0.432. The van der Waals surface area contributed by atoms with E-state index in [1.54, 1.807) is 63.5 Å². The van der Waals surface area contributed by atoms with Gasteiger partial charge in [0.1, 0.15) is 17.2 Å². The minimum atomic E-state index is -2.86. The van der Waals surface area contributed by atoms with Gasteiger partial charge in [0, 0.05) is 30.4 Å². The SMILES string of the molecule is CNCc1ccc(-c2cc(-c3nc(-c4ccc(S(O)(O)C(C)C)cc4)cnc3C)on2)c(F)c1.[HH]. The largest absolute Gasteiger partial charge is 0.354 e. The summed E-state index contributed by atoms with van der Waals surface area (Å²) in [7, 11) is -1.05. The van der Waals surface area contributed by atoms with Crippen LogP contribution in [-0.2, 0) is 6.54 Å². The van der Waals surface area contributed by atoms with Gasteiger partial charge < -0.3 is 9.84 Å². The summed E-state index contributed by atoms with van der Waals surface area (Å²) >= 11 is 0. The zero-order chi connectivity index (χ0) is 24.5. The zero-order valence-corrected chi connectivity index (χ0v) is 20.2. The van der Waals surface area contributed by atoms with Crippen LogP contribution in [0.15, 0.2) is 64.1 Å². The molecule has 9 heteroatoms. The standard InChI is InChI=1S/C25H27FN4O3S.H2/c1-15(2)34(31,32)19-8-6-18(7-9-19)23-14-28-16(3)25(29-23)24-12-22(30-33-24)20-10-5-17(13-27-4)11-21(20)26;/h5-12,14-15,27,31-32H,13H2,1-4H3;1H. The second-order valence-corrected chi connectivity index (χ2v) is 10.9. The van der Waals surface area contributed by atoms with Crippen LogP contribution >= 0.6 is 10.6 Å². The molecule has 0 aliphatic rings. The van der Waals surface area contributed by atoms with E-state index >= 15 is 0 Å². The van der Waals surface area contributed by atoms with Crippen molar-refractivity contribution in [3.63, 3.8) is 0 Å². The van der Waals surface area contributed by atoms with E-state index in [4.69, 9.17) is 9.51 Å². The van der Waals surface area contributed by atoms with Gasteiger partial charge in [0.25, 0.3) is 0 Å². The molecule has 0 saturated heterocycles. The molecule has 0 aliphatic heterocycles. The molecule has 0 saturated carbocycles. The summed E-state index contributed by atoms with van der Waals surface area (Å²) in [6.07, 6.45) is 1.64. The highest BCUT2D eigenvalue weighted by Crippen LogP contribution is 2.52. The van der Waals surface area contributed by atoms with Gasteiger partial charge in [0.15, 0.2) is 5.76 Å². The summed E-state index contributed by atoms with van der Waals surface area (Å²) < 4.78 is 40.9. The third-order valence-corrected chi connectivity index (χ3v) is 7.82. The Kier molecular flexibility index (Phi) is 6.81. The van der Waals surface area contributed by atoms with Gasteiger partial charge in [-0.05, 0) is 57.6 Å². The molecule has 2 heterocycles. The molecule has 0 atom stereocenters. The Balaban J connectivity index is 0.00000342. The molecular formula is C25H29FN4O3S. The van der Waals surface area contributed by atoms with E-state index < -0.39 is 10.6 Å². The van der Waals surface area contributed by atoms with Gasteiger partial charge in [-0.2, -0.15) is 10.6 Å². The Morgan fingerprint density at radius 2 is 1.82 bits per heavy atom. The third kappa shape index (κ3) is 4.74. The Labute approximate surface area is 200 Å². The lowest BCUT2D eigenvalue weighted by Gasteiger charge is -2.36. The molecule has 4 rings (SSSR count). The van der Waals surface area contributed by atoms with Gasteiger partial charge in [0.05, 0.1) is 22.5 Å². The van der Waals surface area contributed by atoms with Gasteiger partial charge in [0.2, 0.25) is 0 Å². The molecule has 4 aromatic rings. The van der Waals surface area contributed by atoms with E-state index in [1.165, 1.54) is 6.07 Å². The van der Waals surface area contributed by atoms with Crippen LogP contribution in [0, 0.1) is 12.7 Å². The Morgan fingerprint density at radius 1 is 1.09 bits per heavy atom. The summed E-state index contributed by atoms with van der Waals surface area (Å²) in [5.41, 5.74) is 4.05. The van der Waals surface area contributed by atoms with Crippen molar-refractivity contribution in [3.05, 3.63) is 71.8 Å². The van der Waals surface area contributed by atoms with Crippen LogP contribution in [0.1, 0.15) is 26.5 Å². The summed E-state index contributed by atoms with van der Waals surface area (Å²) in [5, 5.41) is 6.76. The minimum absolute atomic E-state index is 0. The number of hydrogen-bond acceptors (Lipinski definition) is 7. The molecular weight excluding hydrogens is 455 g/mol. The molecule has 0 spiro atoms. The number of aromatic nitrogens is 3. The molecule has 7 nitrogen and oxygen atoms in total. The molecule has 34 heavy (non-hydrogen) atoms. The van der Waals surface area contributed by atoms with E-state index in [0.29, 0.717) is 45.5 Å². The second kappa shape index (κ2) is 9.63. The zero-order valence-electron chi connectivity index (χ0n) is 19.4. The molecule has 0 unspecified atom stereocenters. The first-order valence-corrected chi connectivity index (χ1v) is 12.4. The average Bonchev–Trinajstić information content (AvgIpc) is 3.29. The molecule has 0 radical (unpaired) electrons. The van der Waals surface area contributed by atoms with Crippen molar-refractivity contribution in [1.82, 2.24) is 20.4 Å². The number of hydrogen-bond donors (Lipinski definition) is 3. The summed E-state index contributed by atoms with van der Waals surface area (Å²) in [6.45, 7) is 5.92. The highest BCUT2D eigenvalue weighted by molar-refractivity contribution is 8.24. The topological polar surface area (TPSA) is 104 Å². The van der Waals surface area contributed by atoms with Crippen LogP contribution in [0.5, 0.6) is 0 Å². The Bertz CT molecular complexity index is 1310. The summed E-state index contributed by atoms with van der Waals surface area (Å²) in [5.74, 6) is 0.00257. The van der Waals surface area contributed by atoms with Crippen molar-refractivity contribution in [2.24, 2.45) is 0 Å². The second-order valence-electron chi connectivity index (χ2n) is 8.28. The van der Waals surface area contributed by atoms with Crippen LogP contribution < -0.4 is 5.32 Å². The van der Waals surface area contributed by atoms with Gasteiger partial charge in [-0.1, -0.05) is 23.4 Å². The fraction of sp³-hybridized carbons (Fsp3) is 0.240. The van der Waals surface area contributed by atoms with Gasteiger partial charge in [-0.15, -0.1) is 0 Å². The highest BCUT2D eigenvalue weighted by Gasteiger charge is 2.21. The maximum absolute atomic E-state index is 14.6. The van der Waals surface area contributed by atoms with Crippen molar-refractivity contribution in [2.75, 3.05) is 7.05 Å². The number of nitrogens with zero attached hydrogens (tertiary/aromatic N) is 3. The highest BCUT2D eigenvalue weighted by atomic mass is 32.3. The number of nitrogens with one attached hydrogen (secondary N) is 1. The third-order valence-electron chi connectivity index (χ3n) is 5.54. The molecule has 2 aromatic carbocycles. The van der Waals surface area contributed by atoms with Crippen molar-refractivity contribution >= 4 is 10.6 Å². The Morgan fingerprint density at radius 3 is 2.47 bits per heavy atom. The molecule has 2 aromatic heterocycles. The molecule has 0 aliphatic carbocycles. The lowest BCUT2D eigenvalue weighted by atomic mass is 10.1. The smallest absolute Gasteiger partial charge is 0.187 e. The normalized spacial score (nSPS) is 12.4. The molecule has 0 fully saturated rings. The number of rotatable bonds is 7. The van der Waals surface area contributed by atoms with Gasteiger partial charge in [-0.3, -0.25) is 14.1 Å². The quantitative estimate of drug-likeness (QED) is 0.279. The monoisotopic (exact) mass is 484 g/mol. The summed E-state index contributed by atoms with van der Waals surface area (Å²) in [4.78, 5) is 9.61. The first-order valence-electron chi connectivity index (χ1n) is 10.8. The van der Waals surface area contributed by atoms with Crippen molar-refractivity contribution < 1.29 is 19.4 Å². The first-order chi connectivity index (χ1) is 16.2. The molecule has 3 N–H and O–H groups in total. The van der Waals surface area contributed by atoms with E-state index in [1.807, 2.05) is 13.0 Å². The fourth-order valence-corrected chi connectivity index (χ4v) is 4.60. The van der Waals surface area contributed by atoms with Crippen molar-refractivity contribution in [2.45, 2.75) is 37.5 Å². The maximum Gasteiger partial charge on any atom is 0.187 e. The minimum Gasteiger partial charge on any atom is -0.354 e. The van der Waals surface area contributed by atoms with E-state index in [2.05, 4.69) is 15.5 Å². The fourth-order valence-electron chi connectivity index (χ4n) is 3.51. The predicted octanol–water partition coefficient (Wildman–Crippen LogP) is 6.40. The van der Waals surface area contributed by atoms with Gasteiger partial charge >= 0.3 is 0 Å². The van der Waals surface area contributed by atoms with Crippen molar-refractivity contribution in [3.8, 4) is 34.0 Å². The van der Waals surface area contributed by atoms with E-state index in [9.17, 15) is 13.5 Å². The van der Waals surface area contributed by atoms with Crippen LogP contribution in [0.2, 0.25) is 0 Å². The number of benzene rings is 2.